The summed E-state index contributed by atoms with van der Waals surface area (Å²) in [5, 5.41) is 12.5. The van der Waals surface area contributed by atoms with Gasteiger partial charge in [-0.25, -0.2) is 0 Å². The van der Waals surface area contributed by atoms with Gasteiger partial charge in [0.05, 0.1) is 20.1 Å². The third-order valence-electron chi connectivity index (χ3n) is 4.19. The number of hydrogen-bond donors (Lipinski definition) is 2. The summed E-state index contributed by atoms with van der Waals surface area (Å²) in [5.41, 5.74) is 1.02. The maximum absolute atomic E-state index is 11.2. The van der Waals surface area contributed by atoms with Crippen LogP contribution in [0.2, 0.25) is 0 Å². The summed E-state index contributed by atoms with van der Waals surface area (Å²) >= 11 is 0. The first-order chi connectivity index (χ1) is 10.2. The van der Waals surface area contributed by atoms with Crippen molar-refractivity contribution in [1.82, 2.24) is 5.32 Å². The molecule has 2 rings (SSSR count). The topological polar surface area (TPSA) is 67.8 Å². The molecule has 2 N–H and O–H groups in total. The largest absolute Gasteiger partial charge is 0.497 e. The summed E-state index contributed by atoms with van der Waals surface area (Å²) in [6.07, 6.45) is 2.79. The lowest BCUT2D eigenvalue weighted by Crippen LogP contribution is -2.28. The van der Waals surface area contributed by atoms with Crippen molar-refractivity contribution >= 4 is 5.97 Å². The highest BCUT2D eigenvalue weighted by molar-refractivity contribution is 5.70. The van der Waals surface area contributed by atoms with E-state index in [1.54, 1.807) is 14.2 Å². The molecule has 0 heterocycles. The fourth-order valence-corrected chi connectivity index (χ4v) is 3.02. The van der Waals surface area contributed by atoms with Crippen LogP contribution < -0.4 is 14.8 Å². The van der Waals surface area contributed by atoms with E-state index in [4.69, 9.17) is 9.47 Å². The van der Waals surface area contributed by atoms with E-state index in [0.29, 0.717) is 6.54 Å². The Morgan fingerprint density at radius 3 is 2.81 bits per heavy atom. The molecule has 1 fully saturated rings. The summed E-state index contributed by atoms with van der Waals surface area (Å²) < 4.78 is 10.6. The molecule has 0 aliphatic heterocycles. The maximum Gasteiger partial charge on any atom is 0.306 e. The minimum atomic E-state index is -0.668. The van der Waals surface area contributed by atoms with Crippen LogP contribution in [0.4, 0.5) is 0 Å². The first-order valence-corrected chi connectivity index (χ1v) is 7.30. The molecular weight excluding hydrogens is 270 g/mol. The van der Waals surface area contributed by atoms with E-state index in [1.165, 1.54) is 0 Å². The van der Waals surface area contributed by atoms with Gasteiger partial charge in [-0.2, -0.15) is 0 Å². The van der Waals surface area contributed by atoms with E-state index in [-0.39, 0.29) is 11.8 Å². The zero-order valence-electron chi connectivity index (χ0n) is 12.6. The molecule has 116 valence electrons. The molecule has 0 amide bonds. The number of carbonyl (C=O) groups is 1. The Balaban J connectivity index is 1.92. The number of hydrogen-bond acceptors (Lipinski definition) is 4. The zero-order chi connectivity index (χ0) is 15.2. The first-order valence-electron chi connectivity index (χ1n) is 7.30. The van der Waals surface area contributed by atoms with Gasteiger partial charge < -0.3 is 19.9 Å². The molecule has 5 heteroatoms. The molecule has 1 aromatic carbocycles. The van der Waals surface area contributed by atoms with Crippen molar-refractivity contribution in [3.63, 3.8) is 0 Å². The second kappa shape index (κ2) is 7.31. The fraction of sp³-hybridized carbons (Fsp3) is 0.562. The average molecular weight is 293 g/mol. The molecular formula is C16H23NO4. The molecule has 0 bridgehead atoms. The molecule has 1 aliphatic rings. The van der Waals surface area contributed by atoms with Gasteiger partial charge in [0.15, 0.2) is 0 Å². The van der Waals surface area contributed by atoms with Gasteiger partial charge in [-0.05, 0) is 43.5 Å². The first kappa shape index (κ1) is 15.6. The molecule has 0 saturated heterocycles. The molecule has 5 nitrogen and oxygen atoms in total. The summed E-state index contributed by atoms with van der Waals surface area (Å²) in [5.74, 6) is 0.948. The second-order valence-corrected chi connectivity index (χ2v) is 5.44. The number of carboxylic acids is 1. The van der Waals surface area contributed by atoms with Gasteiger partial charge in [-0.15, -0.1) is 0 Å². The van der Waals surface area contributed by atoms with Crippen molar-refractivity contribution < 1.29 is 19.4 Å². The highest BCUT2D eigenvalue weighted by Gasteiger charge is 2.32. The van der Waals surface area contributed by atoms with Gasteiger partial charge in [0.1, 0.15) is 11.5 Å². The molecule has 1 aliphatic carbocycles. The van der Waals surface area contributed by atoms with Crippen LogP contribution in [0.25, 0.3) is 0 Å². The van der Waals surface area contributed by atoms with Crippen LogP contribution in [0.1, 0.15) is 24.8 Å². The van der Waals surface area contributed by atoms with Crippen molar-refractivity contribution in [2.45, 2.75) is 25.8 Å². The van der Waals surface area contributed by atoms with Crippen LogP contribution in [0.15, 0.2) is 18.2 Å². The van der Waals surface area contributed by atoms with Crippen LogP contribution in [-0.4, -0.2) is 31.8 Å². The molecule has 2 unspecified atom stereocenters. The summed E-state index contributed by atoms with van der Waals surface area (Å²) in [4.78, 5) is 11.2. The zero-order valence-corrected chi connectivity index (χ0v) is 12.6. The van der Waals surface area contributed by atoms with Gasteiger partial charge in [-0.1, -0.05) is 6.42 Å². The van der Waals surface area contributed by atoms with Crippen molar-refractivity contribution in [2.75, 3.05) is 20.8 Å². The van der Waals surface area contributed by atoms with Crippen LogP contribution in [0.3, 0.4) is 0 Å². The Morgan fingerprint density at radius 1 is 1.33 bits per heavy atom. The van der Waals surface area contributed by atoms with E-state index >= 15 is 0 Å². The highest BCUT2D eigenvalue weighted by Crippen LogP contribution is 2.31. The van der Waals surface area contributed by atoms with Gasteiger partial charge >= 0.3 is 5.97 Å². The van der Waals surface area contributed by atoms with Crippen molar-refractivity contribution in [3.05, 3.63) is 23.8 Å². The fourth-order valence-electron chi connectivity index (χ4n) is 3.02. The van der Waals surface area contributed by atoms with E-state index in [0.717, 1.165) is 42.9 Å². The van der Waals surface area contributed by atoms with Gasteiger partial charge in [0, 0.05) is 12.1 Å². The van der Waals surface area contributed by atoms with Gasteiger partial charge in [0.25, 0.3) is 0 Å². The van der Waals surface area contributed by atoms with Gasteiger partial charge in [0.2, 0.25) is 0 Å². The van der Waals surface area contributed by atoms with E-state index < -0.39 is 5.97 Å². The third kappa shape index (κ3) is 3.88. The Bertz CT molecular complexity index is 489. The minimum absolute atomic E-state index is 0.204. The van der Waals surface area contributed by atoms with Crippen LogP contribution in [0, 0.1) is 11.8 Å². The Hall–Kier alpha value is -1.75. The number of benzene rings is 1. The van der Waals surface area contributed by atoms with Gasteiger partial charge in [-0.3, -0.25) is 4.79 Å². The molecule has 1 aromatic rings. The lowest BCUT2D eigenvalue weighted by molar-refractivity contribution is -0.142. The van der Waals surface area contributed by atoms with Crippen LogP contribution >= 0.6 is 0 Å². The lowest BCUT2D eigenvalue weighted by Gasteiger charge is -2.17. The molecule has 2 atom stereocenters. The summed E-state index contributed by atoms with van der Waals surface area (Å²) in [6.45, 7) is 1.36. The molecule has 0 radical (unpaired) electrons. The third-order valence-corrected chi connectivity index (χ3v) is 4.19. The van der Waals surface area contributed by atoms with E-state index in [9.17, 15) is 9.90 Å². The molecule has 21 heavy (non-hydrogen) atoms. The minimum Gasteiger partial charge on any atom is -0.497 e. The van der Waals surface area contributed by atoms with Crippen LogP contribution in [-0.2, 0) is 11.3 Å². The number of carboxylic acid groups (broad SMARTS) is 1. The summed E-state index contributed by atoms with van der Waals surface area (Å²) in [7, 11) is 3.28. The van der Waals surface area contributed by atoms with E-state index in [2.05, 4.69) is 5.32 Å². The quantitative estimate of drug-likeness (QED) is 0.807. The second-order valence-electron chi connectivity index (χ2n) is 5.44. The number of methoxy groups -OCH3 is 2. The van der Waals surface area contributed by atoms with Crippen molar-refractivity contribution in [2.24, 2.45) is 11.8 Å². The van der Waals surface area contributed by atoms with Crippen molar-refractivity contribution in [1.29, 1.82) is 0 Å². The Morgan fingerprint density at radius 2 is 2.14 bits per heavy atom. The maximum atomic E-state index is 11.2. The average Bonchev–Trinajstić information content (AvgIpc) is 2.95. The monoisotopic (exact) mass is 293 g/mol. The number of nitrogens with one attached hydrogen (secondary N) is 1. The predicted molar refractivity (Wildman–Crippen MR) is 79.7 cm³/mol. The predicted octanol–water partition coefficient (Wildman–Crippen LogP) is 2.29. The highest BCUT2D eigenvalue weighted by atomic mass is 16.5. The molecule has 0 spiro atoms. The Labute approximate surface area is 125 Å². The smallest absolute Gasteiger partial charge is 0.306 e. The number of aliphatic carboxylic acids is 1. The summed E-state index contributed by atoms with van der Waals surface area (Å²) in [6, 6.07) is 5.68. The van der Waals surface area contributed by atoms with E-state index in [1.807, 2.05) is 18.2 Å². The molecule has 0 aromatic heterocycles. The SMILES string of the molecule is COc1ccc(OC)c(CNCC2CCCC2C(=O)O)c1. The standard InChI is InChI=1S/C16H23NO4/c1-20-13-6-7-15(21-2)12(8-13)10-17-9-11-4-3-5-14(11)16(18)19/h6-8,11,14,17H,3-5,9-10H2,1-2H3,(H,18,19). The van der Waals surface area contributed by atoms with Crippen LogP contribution in [0.5, 0.6) is 11.5 Å². The number of rotatable bonds is 7. The normalized spacial score (nSPS) is 21.2. The van der Waals surface area contributed by atoms with Crippen molar-refractivity contribution in [3.8, 4) is 11.5 Å². The number of ether oxygens (including phenoxy) is 2. The lowest BCUT2D eigenvalue weighted by atomic mass is 9.96. The Kier molecular flexibility index (Phi) is 5.44. The molecule has 1 saturated carbocycles.